The first kappa shape index (κ1) is 17.0. The van der Waals surface area contributed by atoms with Gasteiger partial charge in [0.2, 0.25) is 11.8 Å². The molecule has 6 heteroatoms. The van der Waals surface area contributed by atoms with Crippen molar-refractivity contribution in [2.45, 2.75) is 32.7 Å². The number of rotatable bonds is 3. The Bertz CT molecular complexity index is 634. The molecule has 1 unspecified atom stereocenters. The number of para-hydroxylation sites is 1. The molecule has 0 aromatic heterocycles. The minimum Gasteiger partial charge on any atom is -0.465 e. The molecule has 1 aromatic rings. The maximum atomic E-state index is 12.3. The van der Waals surface area contributed by atoms with Gasteiger partial charge in [-0.1, -0.05) is 12.1 Å². The number of anilines is 1. The third-order valence-corrected chi connectivity index (χ3v) is 3.59. The summed E-state index contributed by atoms with van der Waals surface area (Å²) in [5, 5.41) is 2.89. The van der Waals surface area contributed by atoms with Crippen molar-refractivity contribution in [3.63, 3.8) is 0 Å². The SMILES string of the molecule is COC(=O)c1ccccc1N1CC(C(=O)NC(C)(C)C)CC1=O. The Balaban J connectivity index is 2.22. The Morgan fingerprint density at radius 3 is 2.52 bits per heavy atom. The van der Waals surface area contributed by atoms with Crippen LogP contribution in [0.1, 0.15) is 37.6 Å². The lowest BCUT2D eigenvalue weighted by molar-refractivity contribution is -0.127. The summed E-state index contributed by atoms with van der Waals surface area (Å²) >= 11 is 0. The number of esters is 1. The van der Waals surface area contributed by atoms with Crippen LogP contribution in [-0.4, -0.2) is 37.0 Å². The van der Waals surface area contributed by atoms with Gasteiger partial charge in [-0.2, -0.15) is 0 Å². The second-order valence-corrected chi connectivity index (χ2v) is 6.65. The maximum Gasteiger partial charge on any atom is 0.339 e. The molecule has 0 bridgehead atoms. The first-order chi connectivity index (χ1) is 10.7. The van der Waals surface area contributed by atoms with Crippen LogP contribution in [0.4, 0.5) is 5.69 Å². The number of methoxy groups -OCH3 is 1. The first-order valence-corrected chi connectivity index (χ1v) is 7.52. The van der Waals surface area contributed by atoms with Crippen molar-refractivity contribution < 1.29 is 19.1 Å². The number of benzene rings is 1. The molecule has 0 saturated carbocycles. The van der Waals surface area contributed by atoms with E-state index in [4.69, 9.17) is 4.74 Å². The number of hydrogen-bond donors (Lipinski definition) is 1. The zero-order valence-electron chi connectivity index (χ0n) is 13.9. The third-order valence-electron chi connectivity index (χ3n) is 3.59. The molecule has 1 saturated heterocycles. The Kier molecular flexibility index (Phi) is 4.73. The molecule has 6 nitrogen and oxygen atoms in total. The molecule has 23 heavy (non-hydrogen) atoms. The fourth-order valence-corrected chi connectivity index (χ4v) is 2.58. The topological polar surface area (TPSA) is 75.7 Å². The molecule has 1 fully saturated rings. The van der Waals surface area contributed by atoms with Crippen LogP contribution in [-0.2, 0) is 14.3 Å². The van der Waals surface area contributed by atoms with Crippen molar-refractivity contribution in [1.82, 2.24) is 5.32 Å². The molecule has 0 aliphatic carbocycles. The van der Waals surface area contributed by atoms with Gasteiger partial charge in [0.1, 0.15) is 0 Å². The second-order valence-electron chi connectivity index (χ2n) is 6.65. The lowest BCUT2D eigenvalue weighted by Crippen LogP contribution is -2.44. The highest BCUT2D eigenvalue weighted by Gasteiger charge is 2.37. The fourth-order valence-electron chi connectivity index (χ4n) is 2.58. The average Bonchev–Trinajstić information content (AvgIpc) is 2.87. The van der Waals surface area contributed by atoms with E-state index in [9.17, 15) is 14.4 Å². The summed E-state index contributed by atoms with van der Waals surface area (Å²) in [5.74, 6) is -1.25. The van der Waals surface area contributed by atoms with Gasteiger partial charge in [-0.15, -0.1) is 0 Å². The quantitative estimate of drug-likeness (QED) is 0.861. The van der Waals surface area contributed by atoms with Gasteiger partial charge in [-0.3, -0.25) is 9.59 Å². The molecule has 1 aliphatic heterocycles. The van der Waals surface area contributed by atoms with E-state index in [0.717, 1.165) is 0 Å². The van der Waals surface area contributed by atoms with Gasteiger partial charge in [0.25, 0.3) is 0 Å². The number of amides is 2. The van der Waals surface area contributed by atoms with E-state index in [1.165, 1.54) is 12.0 Å². The van der Waals surface area contributed by atoms with Crippen molar-refractivity contribution in [2.24, 2.45) is 5.92 Å². The predicted molar refractivity (Wildman–Crippen MR) is 86.1 cm³/mol. The summed E-state index contributed by atoms with van der Waals surface area (Å²) in [4.78, 5) is 37.9. The van der Waals surface area contributed by atoms with Crippen molar-refractivity contribution in [3.8, 4) is 0 Å². The van der Waals surface area contributed by atoms with Crippen LogP contribution in [0.5, 0.6) is 0 Å². The van der Waals surface area contributed by atoms with Crippen LogP contribution in [0, 0.1) is 5.92 Å². The largest absolute Gasteiger partial charge is 0.465 e. The van der Waals surface area contributed by atoms with E-state index in [0.29, 0.717) is 11.3 Å². The number of nitrogens with one attached hydrogen (secondary N) is 1. The van der Waals surface area contributed by atoms with Crippen molar-refractivity contribution in [3.05, 3.63) is 29.8 Å². The first-order valence-electron chi connectivity index (χ1n) is 7.52. The van der Waals surface area contributed by atoms with Crippen LogP contribution < -0.4 is 10.2 Å². The zero-order valence-corrected chi connectivity index (χ0v) is 13.9. The molecule has 2 amide bonds. The van der Waals surface area contributed by atoms with Crippen molar-refractivity contribution in [1.29, 1.82) is 0 Å². The molecule has 0 spiro atoms. The Labute approximate surface area is 135 Å². The highest BCUT2D eigenvalue weighted by atomic mass is 16.5. The molecule has 1 aromatic carbocycles. The Morgan fingerprint density at radius 1 is 1.26 bits per heavy atom. The highest BCUT2D eigenvalue weighted by molar-refractivity contribution is 6.05. The number of ether oxygens (including phenoxy) is 1. The van der Waals surface area contributed by atoms with E-state index in [1.807, 2.05) is 20.8 Å². The summed E-state index contributed by atoms with van der Waals surface area (Å²) in [6.07, 6.45) is 0.136. The molecular formula is C17H22N2O4. The lowest BCUT2D eigenvalue weighted by Gasteiger charge is -2.23. The second kappa shape index (κ2) is 6.40. The van der Waals surface area contributed by atoms with E-state index >= 15 is 0 Å². The minimum absolute atomic E-state index is 0.136. The molecule has 1 N–H and O–H groups in total. The number of nitrogens with zero attached hydrogens (tertiary/aromatic N) is 1. The van der Waals surface area contributed by atoms with Crippen molar-refractivity contribution >= 4 is 23.5 Å². The molecule has 0 radical (unpaired) electrons. The van der Waals surface area contributed by atoms with E-state index in [-0.39, 0.29) is 30.3 Å². The Morgan fingerprint density at radius 2 is 1.91 bits per heavy atom. The normalized spacial score (nSPS) is 18.0. The van der Waals surface area contributed by atoms with E-state index < -0.39 is 11.9 Å². The van der Waals surface area contributed by atoms with Gasteiger partial charge in [-0.05, 0) is 32.9 Å². The third kappa shape index (κ3) is 3.88. The molecular weight excluding hydrogens is 296 g/mol. The molecule has 2 rings (SSSR count). The van der Waals surface area contributed by atoms with Gasteiger partial charge >= 0.3 is 5.97 Å². The van der Waals surface area contributed by atoms with Gasteiger partial charge in [0.05, 0.1) is 24.3 Å². The van der Waals surface area contributed by atoms with Crippen LogP contribution in [0.3, 0.4) is 0 Å². The highest BCUT2D eigenvalue weighted by Crippen LogP contribution is 2.29. The van der Waals surface area contributed by atoms with Crippen molar-refractivity contribution in [2.75, 3.05) is 18.6 Å². The summed E-state index contributed by atoms with van der Waals surface area (Å²) < 4.78 is 4.76. The average molecular weight is 318 g/mol. The summed E-state index contributed by atoms with van der Waals surface area (Å²) in [6.45, 7) is 5.94. The fraction of sp³-hybridized carbons (Fsp3) is 0.471. The smallest absolute Gasteiger partial charge is 0.339 e. The van der Waals surface area contributed by atoms with E-state index in [1.54, 1.807) is 24.3 Å². The summed E-state index contributed by atoms with van der Waals surface area (Å²) in [6, 6.07) is 6.75. The molecule has 124 valence electrons. The lowest BCUT2D eigenvalue weighted by atomic mass is 10.0. The Hall–Kier alpha value is -2.37. The van der Waals surface area contributed by atoms with Crippen LogP contribution in [0.15, 0.2) is 24.3 Å². The van der Waals surface area contributed by atoms with Gasteiger partial charge in [-0.25, -0.2) is 4.79 Å². The molecule has 1 aliphatic rings. The van der Waals surface area contributed by atoms with Crippen LogP contribution in [0.2, 0.25) is 0 Å². The summed E-state index contributed by atoms with van der Waals surface area (Å²) in [5.41, 5.74) is 0.452. The predicted octanol–water partition coefficient (Wildman–Crippen LogP) is 1.74. The number of hydrogen-bond acceptors (Lipinski definition) is 4. The maximum absolute atomic E-state index is 12.3. The number of carbonyl (C=O) groups is 3. The summed E-state index contributed by atoms with van der Waals surface area (Å²) in [7, 11) is 1.30. The zero-order chi connectivity index (χ0) is 17.2. The molecule has 1 heterocycles. The van der Waals surface area contributed by atoms with Gasteiger partial charge in [0, 0.05) is 18.5 Å². The number of carbonyl (C=O) groups excluding carboxylic acids is 3. The standard InChI is InChI=1S/C17H22N2O4/c1-17(2,3)18-15(21)11-9-14(20)19(10-11)13-8-6-5-7-12(13)16(22)23-4/h5-8,11H,9-10H2,1-4H3,(H,18,21). The van der Waals surface area contributed by atoms with Gasteiger partial charge in [0.15, 0.2) is 0 Å². The van der Waals surface area contributed by atoms with Crippen LogP contribution in [0.25, 0.3) is 0 Å². The monoisotopic (exact) mass is 318 g/mol. The van der Waals surface area contributed by atoms with Gasteiger partial charge < -0.3 is 15.0 Å². The van der Waals surface area contributed by atoms with E-state index in [2.05, 4.69) is 5.32 Å². The minimum atomic E-state index is -0.504. The van der Waals surface area contributed by atoms with Crippen LogP contribution >= 0.6 is 0 Å². The molecule has 1 atom stereocenters.